The summed E-state index contributed by atoms with van der Waals surface area (Å²) in [6, 6.07) is 7.03. The van der Waals surface area contributed by atoms with Gasteiger partial charge in [0.25, 0.3) is 0 Å². The lowest BCUT2D eigenvalue weighted by molar-refractivity contribution is -0.130. The minimum atomic E-state index is -0.494. The molecule has 6 heteroatoms. The number of methoxy groups -OCH3 is 1. The van der Waals surface area contributed by atoms with Gasteiger partial charge in [0.15, 0.2) is 5.78 Å². The normalized spacial score (nSPS) is 16.5. The number of carbonyl (C=O) groups is 2. The number of amides is 1. The molecule has 1 saturated heterocycles. The van der Waals surface area contributed by atoms with Crippen LogP contribution in [0.1, 0.15) is 30.1 Å². The second kappa shape index (κ2) is 8.27. The number of ether oxygens (including phenoxy) is 1. The standard InChI is InChI=1S/C16H22N2O3.ClH/c1-12(19)13-4-3-5-14(10-13)18-15(20)16(11-21-2)6-8-17-9-7-16;/h3-5,10,17H,6-9,11H2,1-2H3,(H,18,20);1H. The second-order valence-electron chi connectivity index (χ2n) is 5.55. The van der Waals surface area contributed by atoms with E-state index in [9.17, 15) is 9.59 Å². The van der Waals surface area contributed by atoms with E-state index in [1.807, 2.05) is 0 Å². The highest BCUT2D eigenvalue weighted by Crippen LogP contribution is 2.31. The van der Waals surface area contributed by atoms with Crippen molar-refractivity contribution in [2.75, 3.05) is 32.1 Å². The predicted octanol–water partition coefficient (Wildman–Crippen LogP) is 2.27. The first-order chi connectivity index (χ1) is 10.1. The number of Topliss-reactive ketones (excluding diaryl/α,β-unsaturated/α-hetero) is 1. The zero-order valence-corrected chi connectivity index (χ0v) is 13.8. The van der Waals surface area contributed by atoms with E-state index >= 15 is 0 Å². The molecule has 2 rings (SSSR count). The maximum atomic E-state index is 12.7. The van der Waals surface area contributed by atoms with E-state index in [0.29, 0.717) is 17.9 Å². The number of halogens is 1. The fraction of sp³-hybridized carbons (Fsp3) is 0.500. The Labute approximate surface area is 137 Å². The number of benzene rings is 1. The molecule has 5 nitrogen and oxygen atoms in total. The van der Waals surface area contributed by atoms with Crippen molar-refractivity contribution in [2.45, 2.75) is 19.8 Å². The Morgan fingerprint density at radius 2 is 2.00 bits per heavy atom. The quantitative estimate of drug-likeness (QED) is 0.815. The van der Waals surface area contributed by atoms with E-state index in [-0.39, 0.29) is 24.1 Å². The number of hydrogen-bond donors (Lipinski definition) is 2. The van der Waals surface area contributed by atoms with Crippen LogP contribution in [0.3, 0.4) is 0 Å². The summed E-state index contributed by atoms with van der Waals surface area (Å²) in [7, 11) is 1.62. The molecule has 1 amide bonds. The molecule has 0 aromatic heterocycles. The minimum absolute atomic E-state index is 0. The van der Waals surface area contributed by atoms with E-state index in [0.717, 1.165) is 25.9 Å². The molecular formula is C16H23ClN2O3. The van der Waals surface area contributed by atoms with Gasteiger partial charge < -0.3 is 15.4 Å². The van der Waals surface area contributed by atoms with Crippen molar-refractivity contribution in [2.24, 2.45) is 5.41 Å². The Morgan fingerprint density at radius 1 is 1.32 bits per heavy atom. The Balaban J connectivity index is 0.00000242. The van der Waals surface area contributed by atoms with Crippen molar-refractivity contribution in [3.05, 3.63) is 29.8 Å². The first-order valence-corrected chi connectivity index (χ1v) is 7.19. The monoisotopic (exact) mass is 326 g/mol. The van der Waals surface area contributed by atoms with Crippen molar-refractivity contribution < 1.29 is 14.3 Å². The zero-order chi connectivity index (χ0) is 15.3. The van der Waals surface area contributed by atoms with Crippen LogP contribution in [0.25, 0.3) is 0 Å². The van der Waals surface area contributed by atoms with Gasteiger partial charge in [-0.15, -0.1) is 12.4 Å². The van der Waals surface area contributed by atoms with Gasteiger partial charge in [-0.05, 0) is 45.0 Å². The highest BCUT2D eigenvalue weighted by molar-refractivity contribution is 5.98. The lowest BCUT2D eigenvalue weighted by Crippen LogP contribution is -2.47. The van der Waals surface area contributed by atoms with Gasteiger partial charge in [-0.3, -0.25) is 9.59 Å². The van der Waals surface area contributed by atoms with Crippen LogP contribution in [0, 0.1) is 5.41 Å². The van der Waals surface area contributed by atoms with Crippen LogP contribution in [0.4, 0.5) is 5.69 Å². The van der Waals surface area contributed by atoms with E-state index in [4.69, 9.17) is 4.74 Å². The summed E-state index contributed by atoms with van der Waals surface area (Å²) in [5.41, 5.74) is 0.757. The Morgan fingerprint density at radius 3 is 2.59 bits per heavy atom. The number of hydrogen-bond acceptors (Lipinski definition) is 4. The van der Waals surface area contributed by atoms with Gasteiger partial charge >= 0.3 is 0 Å². The largest absolute Gasteiger partial charge is 0.384 e. The van der Waals surface area contributed by atoms with Gasteiger partial charge in [0, 0.05) is 18.4 Å². The van der Waals surface area contributed by atoms with Crippen LogP contribution in [-0.4, -0.2) is 38.5 Å². The summed E-state index contributed by atoms with van der Waals surface area (Å²) in [5.74, 6) is -0.0499. The van der Waals surface area contributed by atoms with E-state index < -0.39 is 5.41 Å². The van der Waals surface area contributed by atoms with Gasteiger partial charge in [-0.2, -0.15) is 0 Å². The molecule has 0 bridgehead atoms. The molecule has 22 heavy (non-hydrogen) atoms. The molecule has 1 aromatic carbocycles. The fourth-order valence-electron chi connectivity index (χ4n) is 2.70. The number of ketones is 1. The molecule has 2 N–H and O–H groups in total. The Hall–Kier alpha value is -1.43. The number of piperidine rings is 1. The van der Waals surface area contributed by atoms with Crippen LogP contribution in [0.5, 0.6) is 0 Å². The second-order valence-corrected chi connectivity index (χ2v) is 5.55. The number of carbonyl (C=O) groups excluding carboxylic acids is 2. The summed E-state index contributed by atoms with van der Waals surface area (Å²) in [5, 5.41) is 6.19. The molecule has 0 saturated carbocycles. The molecule has 1 heterocycles. The smallest absolute Gasteiger partial charge is 0.233 e. The minimum Gasteiger partial charge on any atom is -0.384 e. The maximum Gasteiger partial charge on any atom is 0.233 e. The van der Waals surface area contributed by atoms with Gasteiger partial charge in [0.2, 0.25) is 5.91 Å². The van der Waals surface area contributed by atoms with Crippen LogP contribution in [-0.2, 0) is 9.53 Å². The van der Waals surface area contributed by atoms with Crippen molar-refractivity contribution in [1.29, 1.82) is 0 Å². The summed E-state index contributed by atoms with van der Waals surface area (Å²) in [6.07, 6.45) is 1.50. The topological polar surface area (TPSA) is 67.4 Å². The summed E-state index contributed by atoms with van der Waals surface area (Å²) >= 11 is 0. The Kier molecular flexibility index (Phi) is 7.00. The highest BCUT2D eigenvalue weighted by atomic mass is 35.5. The lowest BCUT2D eigenvalue weighted by atomic mass is 9.78. The molecule has 0 aliphatic carbocycles. The van der Waals surface area contributed by atoms with Crippen molar-refractivity contribution in [3.8, 4) is 0 Å². The van der Waals surface area contributed by atoms with Crippen molar-refractivity contribution in [3.63, 3.8) is 0 Å². The van der Waals surface area contributed by atoms with Gasteiger partial charge in [-0.25, -0.2) is 0 Å². The van der Waals surface area contributed by atoms with Crippen LogP contribution in [0.2, 0.25) is 0 Å². The highest BCUT2D eigenvalue weighted by Gasteiger charge is 2.39. The number of rotatable bonds is 5. The average Bonchev–Trinajstić information content (AvgIpc) is 2.48. The zero-order valence-electron chi connectivity index (χ0n) is 13.0. The lowest BCUT2D eigenvalue weighted by Gasteiger charge is -2.35. The molecule has 0 spiro atoms. The van der Waals surface area contributed by atoms with Crippen LogP contribution >= 0.6 is 12.4 Å². The third-order valence-electron chi connectivity index (χ3n) is 3.99. The summed E-state index contributed by atoms with van der Waals surface area (Å²) in [6.45, 7) is 3.54. The molecule has 1 aromatic rings. The van der Waals surface area contributed by atoms with Gasteiger partial charge in [0.05, 0.1) is 12.0 Å². The van der Waals surface area contributed by atoms with E-state index in [1.165, 1.54) is 6.92 Å². The van der Waals surface area contributed by atoms with Crippen molar-refractivity contribution >= 4 is 29.8 Å². The van der Waals surface area contributed by atoms with Gasteiger partial charge in [-0.1, -0.05) is 12.1 Å². The fourth-order valence-corrected chi connectivity index (χ4v) is 2.70. The number of nitrogens with one attached hydrogen (secondary N) is 2. The molecule has 0 atom stereocenters. The van der Waals surface area contributed by atoms with Crippen LogP contribution < -0.4 is 10.6 Å². The first-order valence-electron chi connectivity index (χ1n) is 7.19. The molecule has 1 aliphatic heterocycles. The Bertz CT molecular complexity index is 522. The maximum absolute atomic E-state index is 12.7. The summed E-state index contributed by atoms with van der Waals surface area (Å²) < 4.78 is 5.26. The predicted molar refractivity (Wildman–Crippen MR) is 88.7 cm³/mol. The summed E-state index contributed by atoms with van der Waals surface area (Å²) in [4.78, 5) is 24.1. The molecular weight excluding hydrogens is 304 g/mol. The van der Waals surface area contributed by atoms with Crippen LogP contribution in [0.15, 0.2) is 24.3 Å². The third kappa shape index (κ3) is 4.29. The van der Waals surface area contributed by atoms with Gasteiger partial charge in [0.1, 0.15) is 0 Å². The molecule has 0 radical (unpaired) electrons. The van der Waals surface area contributed by atoms with E-state index in [1.54, 1.807) is 31.4 Å². The third-order valence-corrected chi connectivity index (χ3v) is 3.99. The van der Waals surface area contributed by atoms with E-state index in [2.05, 4.69) is 10.6 Å². The number of anilines is 1. The first kappa shape index (κ1) is 18.6. The molecule has 1 aliphatic rings. The molecule has 0 unspecified atom stereocenters. The van der Waals surface area contributed by atoms with Crippen molar-refractivity contribution in [1.82, 2.24) is 5.32 Å². The molecule has 1 fully saturated rings. The SMILES string of the molecule is COCC1(C(=O)Nc2cccc(C(C)=O)c2)CCNCC1.Cl. The average molecular weight is 327 g/mol. The molecule has 122 valence electrons.